The van der Waals surface area contributed by atoms with E-state index in [1.165, 1.54) is 30.1 Å². The molecule has 0 aliphatic carbocycles. The number of hydrogen-bond donors (Lipinski definition) is 0. The van der Waals surface area contributed by atoms with Crippen LogP contribution in [0.2, 0.25) is 8.87 Å². The molecular formula is C8H20O2Sn2. The Hall–Kier alpha value is 1.36. The van der Waals surface area contributed by atoms with Gasteiger partial charge in [-0.05, 0) is 0 Å². The minimum Gasteiger partial charge on any atom is -0.412 e. The van der Waals surface area contributed by atoms with E-state index in [0.717, 1.165) is 4.44 Å². The third-order valence-corrected chi connectivity index (χ3v) is 3.76. The predicted molar refractivity (Wildman–Crippen MR) is 55.2 cm³/mol. The molecule has 4 radical (unpaired) electrons. The van der Waals surface area contributed by atoms with Crippen LogP contribution in [0.5, 0.6) is 0 Å². The van der Waals surface area contributed by atoms with Gasteiger partial charge in [-0.2, -0.15) is 0 Å². The molecule has 72 valence electrons. The van der Waals surface area contributed by atoms with E-state index in [-0.39, 0.29) is 5.48 Å². The summed E-state index contributed by atoms with van der Waals surface area (Å²) in [6.45, 7) is 4.35. The SMILES string of the molecule is CCC[CH2][Sn].CCC[CH2][Sn]=[O].O. The van der Waals surface area contributed by atoms with E-state index in [2.05, 4.69) is 13.8 Å². The molecule has 2 nitrogen and oxygen atoms in total. The van der Waals surface area contributed by atoms with Crippen molar-refractivity contribution in [1.82, 2.24) is 0 Å². The molecule has 0 aliphatic heterocycles. The van der Waals surface area contributed by atoms with E-state index >= 15 is 0 Å². The van der Waals surface area contributed by atoms with Crippen molar-refractivity contribution >= 4 is 43.7 Å². The summed E-state index contributed by atoms with van der Waals surface area (Å²) in [7, 11) is 0. The van der Waals surface area contributed by atoms with Crippen LogP contribution < -0.4 is 0 Å². The molecule has 0 unspecified atom stereocenters. The quantitative estimate of drug-likeness (QED) is 0.526. The molecule has 0 atom stereocenters. The summed E-state index contributed by atoms with van der Waals surface area (Å²) in [5, 5.41) is 0. The van der Waals surface area contributed by atoms with Crippen molar-refractivity contribution in [3.05, 3.63) is 0 Å². The monoisotopic (exact) mass is 388 g/mol. The Morgan fingerprint density at radius 2 is 1.67 bits per heavy atom. The van der Waals surface area contributed by atoms with Gasteiger partial charge in [0.1, 0.15) is 0 Å². The zero-order chi connectivity index (χ0) is 8.95. The van der Waals surface area contributed by atoms with E-state index < -0.39 is 21.1 Å². The van der Waals surface area contributed by atoms with Gasteiger partial charge in [-0.3, -0.25) is 0 Å². The fourth-order valence-electron chi connectivity index (χ4n) is 0.426. The smallest absolute Gasteiger partial charge is 0.412 e. The van der Waals surface area contributed by atoms with Crippen LogP contribution in [0.3, 0.4) is 0 Å². The van der Waals surface area contributed by atoms with Crippen molar-refractivity contribution in [1.29, 1.82) is 0 Å². The van der Waals surface area contributed by atoms with Crippen molar-refractivity contribution in [3.8, 4) is 0 Å². The number of unbranched alkanes of at least 4 members (excludes halogenated alkanes) is 2. The third-order valence-electron chi connectivity index (χ3n) is 1.16. The molecular weight excluding hydrogens is 366 g/mol. The maximum Gasteiger partial charge on any atom is -0.412 e. The molecule has 0 bridgehead atoms. The Labute approximate surface area is 99.9 Å². The fraction of sp³-hybridized carbons (Fsp3) is 1.00. The summed E-state index contributed by atoms with van der Waals surface area (Å²) in [6, 6.07) is 0. The average Bonchev–Trinajstić information content (AvgIpc) is 2.04. The molecule has 2 N–H and O–H groups in total. The molecule has 0 rings (SSSR count). The first kappa shape index (κ1) is 19.0. The number of hydrogen-bond acceptors (Lipinski definition) is 1. The fourth-order valence-corrected chi connectivity index (χ4v) is 2.86. The second kappa shape index (κ2) is 22.8. The molecule has 0 saturated carbocycles. The van der Waals surface area contributed by atoms with Crippen LogP contribution in [0.25, 0.3) is 0 Å². The molecule has 0 aliphatic rings. The van der Waals surface area contributed by atoms with Crippen LogP contribution in [-0.4, -0.2) is 49.1 Å². The minimum absolute atomic E-state index is 0. The molecule has 4 heteroatoms. The minimum atomic E-state index is -1.06. The third kappa shape index (κ3) is 30.1. The second-order valence-corrected chi connectivity index (χ2v) is 6.03. The van der Waals surface area contributed by atoms with E-state index in [9.17, 15) is 3.08 Å². The van der Waals surface area contributed by atoms with Gasteiger partial charge < -0.3 is 5.48 Å². The average molecular weight is 386 g/mol. The summed E-state index contributed by atoms with van der Waals surface area (Å²) < 4.78 is 12.3. The van der Waals surface area contributed by atoms with Gasteiger partial charge in [0.15, 0.2) is 0 Å². The molecule has 0 aromatic rings. The Kier molecular flexibility index (Phi) is 36.2. The van der Waals surface area contributed by atoms with E-state index in [1.54, 1.807) is 22.5 Å². The van der Waals surface area contributed by atoms with Crippen molar-refractivity contribution in [2.75, 3.05) is 0 Å². The van der Waals surface area contributed by atoms with Crippen LogP contribution in [0.1, 0.15) is 39.5 Å². The summed E-state index contributed by atoms with van der Waals surface area (Å²) in [6.07, 6.45) is 5.17. The topological polar surface area (TPSA) is 48.6 Å². The van der Waals surface area contributed by atoms with Crippen LogP contribution in [0.4, 0.5) is 0 Å². The van der Waals surface area contributed by atoms with Gasteiger partial charge in [-0.15, -0.1) is 0 Å². The summed E-state index contributed by atoms with van der Waals surface area (Å²) in [5.74, 6) is 0. The van der Waals surface area contributed by atoms with Crippen molar-refractivity contribution in [2.45, 2.75) is 48.4 Å². The zero-order valence-electron chi connectivity index (χ0n) is 8.15. The van der Waals surface area contributed by atoms with Gasteiger partial charge in [0.2, 0.25) is 0 Å². The molecule has 0 saturated heterocycles. The Balaban J connectivity index is -0.000000126. The zero-order valence-corrected chi connectivity index (χ0v) is 13.9. The summed E-state index contributed by atoms with van der Waals surface area (Å²) in [5.41, 5.74) is 0. The summed E-state index contributed by atoms with van der Waals surface area (Å²) in [4.78, 5) is 0. The van der Waals surface area contributed by atoms with Gasteiger partial charge >= 0.3 is 95.1 Å². The van der Waals surface area contributed by atoms with Crippen molar-refractivity contribution < 1.29 is 8.55 Å². The summed E-state index contributed by atoms with van der Waals surface area (Å²) >= 11 is 0.625. The predicted octanol–water partition coefficient (Wildman–Crippen LogP) is 1.80. The normalized spacial score (nSPS) is 7.58. The van der Waals surface area contributed by atoms with Crippen LogP contribution in [0, 0.1) is 0 Å². The maximum absolute atomic E-state index is 9.86. The van der Waals surface area contributed by atoms with Gasteiger partial charge in [0.05, 0.1) is 0 Å². The molecule has 0 aromatic heterocycles. The van der Waals surface area contributed by atoms with Crippen LogP contribution in [-0.2, 0) is 3.08 Å². The van der Waals surface area contributed by atoms with Gasteiger partial charge in [-0.1, -0.05) is 0 Å². The van der Waals surface area contributed by atoms with Crippen LogP contribution in [0.15, 0.2) is 0 Å². The van der Waals surface area contributed by atoms with E-state index in [4.69, 9.17) is 0 Å². The van der Waals surface area contributed by atoms with E-state index in [0.29, 0.717) is 0 Å². The maximum atomic E-state index is 9.86. The first-order valence-corrected chi connectivity index (χ1v) is 9.53. The van der Waals surface area contributed by atoms with Crippen LogP contribution >= 0.6 is 0 Å². The Morgan fingerprint density at radius 3 is 1.75 bits per heavy atom. The largest absolute Gasteiger partial charge is 0.412 e. The number of rotatable bonds is 5. The molecule has 12 heavy (non-hydrogen) atoms. The molecule has 0 spiro atoms. The molecule has 0 amide bonds. The molecule has 0 heterocycles. The molecule has 0 fully saturated rings. The van der Waals surface area contributed by atoms with Gasteiger partial charge in [0, 0.05) is 0 Å². The van der Waals surface area contributed by atoms with Gasteiger partial charge in [0.25, 0.3) is 0 Å². The standard InChI is InChI=1S/2C4H9.H2O.O.2Sn/c2*1-3-4-2;;;;/h2*1,3-4H2,2H3;1H2;;;. The Bertz CT molecular complexity index is 68.1. The van der Waals surface area contributed by atoms with Crippen molar-refractivity contribution in [3.63, 3.8) is 0 Å². The van der Waals surface area contributed by atoms with Crippen molar-refractivity contribution in [2.24, 2.45) is 0 Å². The first-order chi connectivity index (χ1) is 5.33. The van der Waals surface area contributed by atoms with E-state index in [1.807, 2.05) is 0 Å². The Morgan fingerprint density at radius 1 is 1.17 bits per heavy atom. The second-order valence-electron chi connectivity index (χ2n) is 2.35. The molecule has 0 aromatic carbocycles. The first-order valence-electron chi connectivity index (χ1n) is 4.33. The van der Waals surface area contributed by atoms with Gasteiger partial charge in [-0.25, -0.2) is 0 Å².